The van der Waals surface area contributed by atoms with Gasteiger partial charge in [0.2, 0.25) is 5.91 Å². The highest BCUT2D eigenvalue weighted by molar-refractivity contribution is 5.93. The number of rotatable bonds is 8. The lowest BCUT2D eigenvalue weighted by atomic mass is 10.1. The van der Waals surface area contributed by atoms with Gasteiger partial charge in [-0.3, -0.25) is 19.6 Å². The Kier molecular flexibility index (Phi) is 7.54. The molecule has 174 valence electrons. The fourth-order valence-electron chi connectivity index (χ4n) is 4.26. The van der Waals surface area contributed by atoms with E-state index in [4.69, 9.17) is 4.74 Å². The summed E-state index contributed by atoms with van der Waals surface area (Å²) in [6, 6.07) is 15.7. The minimum Gasteiger partial charge on any atom is -0.490 e. The molecule has 1 aliphatic heterocycles. The normalized spacial score (nSPS) is 16.0. The van der Waals surface area contributed by atoms with Crippen LogP contribution in [0.25, 0.3) is 10.9 Å². The number of para-hydroxylation sites is 2. The molecule has 1 aromatic heterocycles. The summed E-state index contributed by atoms with van der Waals surface area (Å²) in [6.07, 6.45) is 1.13. The van der Waals surface area contributed by atoms with E-state index in [-0.39, 0.29) is 12.5 Å². The fraction of sp³-hybridized carbons (Fsp3) is 0.385. The van der Waals surface area contributed by atoms with Gasteiger partial charge in [0, 0.05) is 50.0 Å². The zero-order valence-electron chi connectivity index (χ0n) is 19.3. The molecule has 0 aliphatic carbocycles. The van der Waals surface area contributed by atoms with Crippen molar-refractivity contribution in [1.82, 2.24) is 14.8 Å². The molecule has 7 nitrogen and oxygen atoms in total. The first kappa shape index (κ1) is 23.2. The number of benzene rings is 2. The Balaban J connectivity index is 1.20. The van der Waals surface area contributed by atoms with Gasteiger partial charge in [0.15, 0.2) is 0 Å². The van der Waals surface area contributed by atoms with Crippen LogP contribution in [-0.2, 0) is 4.79 Å². The molecule has 4 rings (SSSR count). The van der Waals surface area contributed by atoms with E-state index in [2.05, 4.69) is 20.1 Å². The minimum absolute atomic E-state index is 0.0128. The maximum absolute atomic E-state index is 12.5. The Labute approximate surface area is 195 Å². The number of nitrogens with one attached hydrogen (secondary N) is 1. The third kappa shape index (κ3) is 6.07. The average molecular weight is 449 g/mol. The molecule has 1 aliphatic rings. The van der Waals surface area contributed by atoms with E-state index in [0.717, 1.165) is 59.6 Å². The quantitative estimate of drug-likeness (QED) is 0.552. The van der Waals surface area contributed by atoms with Crippen molar-refractivity contribution >= 4 is 22.5 Å². The molecule has 2 N–H and O–H groups in total. The van der Waals surface area contributed by atoms with Crippen LogP contribution in [0.1, 0.15) is 11.1 Å². The number of hydrogen-bond donors (Lipinski definition) is 2. The standard InChI is InChI=1S/C26H32N4O3/c1-19-6-5-7-20(2)26(19)28-25(32)17-30-14-12-29(13-15-30)16-21(31)18-33-24-10-11-27-23-9-4-3-8-22(23)24/h3-11,21,31H,12-18H2,1-2H3,(H,28,32). The largest absolute Gasteiger partial charge is 0.490 e. The van der Waals surface area contributed by atoms with Gasteiger partial charge in [-0.1, -0.05) is 30.3 Å². The van der Waals surface area contributed by atoms with Crippen molar-refractivity contribution in [2.24, 2.45) is 0 Å². The molecule has 33 heavy (non-hydrogen) atoms. The number of amides is 1. The van der Waals surface area contributed by atoms with Crippen LogP contribution in [0.4, 0.5) is 5.69 Å². The molecular weight excluding hydrogens is 416 g/mol. The summed E-state index contributed by atoms with van der Waals surface area (Å²) in [6.45, 7) is 8.38. The lowest BCUT2D eigenvalue weighted by molar-refractivity contribution is -0.117. The number of hydrogen-bond acceptors (Lipinski definition) is 6. The van der Waals surface area contributed by atoms with Crippen molar-refractivity contribution in [3.63, 3.8) is 0 Å². The number of carbonyl (C=O) groups excluding carboxylic acids is 1. The number of carbonyl (C=O) groups is 1. The van der Waals surface area contributed by atoms with Crippen LogP contribution in [0.3, 0.4) is 0 Å². The highest BCUT2D eigenvalue weighted by Gasteiger charge is 2.21. The molecule has 0 saturated carbocycles. The summed E-state index contributed by atoms with van der Waals surface area (Å²) < 4.78 is 5.89. The molecule has 1 amide bonds. The van der Waals surface area contributed by atoms with Gasteiger partial charge in [-0.15, -0.1) is 0 Å². The van der Waals surface area contributed by atoms with Crippen molar-refractivity contribution in [2.75, 3.05) is 51.2 Å². The monoisotopic (exact) mass is 448 g/mol. The second-order valence-electron chi connectivity index (χ2n) is 8.68. The van der Waals surface area contributed by atoms with Crippen molar-refractivity contribution in [3.8, 4) is 5.75 Å². The molecule has 2 aromatic carbocycles. The SMILES string of the molecule is Cc1cccc(C)c1NC(=O)CN1CCN(CC(O)COc2ccnc3ccccc23)CC1. The number of β-amino-alcohol motifs (C(OH)–C–C–N with tert-alkyl or cyclic N) is 1. The predicted octanol–water partition coefficient (Wildman–Crippen LogP) is 2.85. The second kappa shape index (κ2) is 10.7. The van der Waals surface area contributed by atoms with E-state index in [0.29, 0.717) is 13.1 Å². The topological polar surface area (TPSA) is 77.9 Å². The number of aliphatic hydroxyl groups excluding tert-OH is 1. The summed E-state index contributed by atoms with van der Waals surface area (Å²) in [5.74, 6) is 0.748. The molecule has 1 unspecified atom stereocenters. The first-order valence-electron chi connectivity index (χ1n) is 11.4. The van der Waals surface area contributed by atoms with Crippen LogP contribution in [-0.4, -0.2) is 77.8 Å². The van der Waals surface area contributed by atoms with Gasteiger partial charge in [-0.2, -0.15) is 0 Å². The number of anilines is 1. The summed E-state index contributed by atoms with van der Waals surface area (Å²) in [4.78, 5) is 21.2. The number of aryl methyl sites for hydroxylation is 2. The number of nitrogens with zero attached hydrogens (tertiary/aromatic N) is 3. The van der Waals surface area contributed by atoms with Crippen LogP contribution in [0.2, 0.25) is 0 Å². The Hall–Kier alpha value is -3.00. The maximum Gasteiger partial charge on any atom is 0.238 e. The number of pyridine rings is 1. The van der Waals surface area contributed by atoms with Gasteiger partial charge in [0.25, 0.3) is 0 Å². The highest BCUT2D eigenvalue weighted by atomic mass is 16.5. The Morgan fingerprint density at radius 1 is 1.03 bits per heavy atom. The zero-order chi connectivity index (χ0) is 23.2. The maximum atomic E-state index is 12.5. The van der Waals surface area contributed by atoms with Gasteiger partial charge in [-0.05, 0) is 43.2 Å². The van der Waals surface area contributed by atoms with Crippen LogP contribution in [0.5, 0.6) is 5.75 Å². The lowest BCUT2D eigenvalue weighted by Crippen LogP contribution is -2.50. The molecule has 3 aromatic rings. The smallest absolute Gasteiger partial charge is 0.238 e. The number of aromatic nitrogens is 1. The summed E-state index contributed by atoms with van der Waals surface area (Å²) >= 11 is 0. The van der Waals surface area contributed by atoms with E-state index in [1.165, 1.54) is 0 Å². The third-order valence-corrected chi connectivity index (χ3v) is 6.09. The third-order valence-electron chi connectivity index (χ3n) is 6.09. The van der Waals surface area contributed by atoms with Gasteiger partial charge in [-0.25, -0.2) is 0 Å². The van der Waals surface area contributed by atoms with E-state index in [1.807, 2.05) is 62.4 Å². The molecule has 1 atom stereocenters. The van der Waals surface area contributed by atoms with E-state index < -0.39 is 6.10 Å². The molecule has 7 heteroatoms. The summed E-state index contributed by atoms with van der Waals surface area (Å²) in [5.41, 5.74) is 3.93. The molecule has 1 fully saturated rings. The molecule has 1 saturated heterocycles. The number of ether oxygens (including phenoxy) is 1. The minimum atomic E-state index is -0.587. The van der Waals surface area contributed by atoms with Crippen LogP contribution in [0, 0.1) is 13.8 Å². The predicted molar refractivity (Wildman–Crippen MR) is 131 cm³/mol. The van der Waals surface area contributed by atoms with E-state index >= 15 is 0 Å². The van der Waals surface area contributed by atoms with Crippen molar-refractivity contribution in [1.29, 1.82) is 0 Å². The van der Waals surface area contributed by atoms with Gasteiger partial charge < -0.3 is 15.2 Å². The second-order valence-corrected chi connectivity index (χ2v) is 8.68. The Morgan fingerprint density at radius 3 is 2.48 bits per heavy atom. The molecule has 0 radical (unpaired) electrons. The number of aliphatic hydroxyl groups is 1. The van der Waals surface area contributed by atoms with Crippen molar-refractivity contribution < 1.29 is 14.6 Å². The van der Waals surface area contributed by atoms with Crippen LogP contribution < -0.4 is 10.1 Å². The van der Waals surface area contributed by atoms with E-state index in [1.54, 1.807) is 6.20 Å². The van der Waals surface area contributed by atoms with Crippen LogP contribution in [0.15, 0.2) is 54.7 Å². The van der Waals surface area contributed by atoms with Crippen molar-refractivity contribution in [2.45, 2.75) is 20.0 Å². The Morgan fingerprint density at radius 2 is 1.73 bits per heavy atom. The van der Waals surface area contributed by atoms with Gasteiger partial charge >= 0.3 is 0 Å². The summed E-state index contributed by atoms with van der Waals surface area (Å²) in [7, 11) is 0. The molecule has 0 spiro atoms. The average Bonchev–Trinajstić information content (AvgIpc) is 2.81. The number of piperazine rings is 1. The lowest BCUT2D eigenvalue weighted by Gasteiger charge is -2.35. The first-order valence-corrected chi connectivity index (χ1v) is 11.4. The van der Waals surface area contributed by atoms with Crippen LogP contribution >= 0.6 is 0 Å². The van der Waals surface area contributed by atoms with Crippen molar-refractivity contribution in [3.05, 3.63) is 65.9 Å². The fourth-order valence-corrected chi connectivity index (χ4v) is 4.26. The highest BCUT2D eigenvalue weighted by Crippen LogP contribution is 2.23. The molecule has 0 bridgehead atoms. The Bertz CT molecular complexity index is 1070. The molecular formula is C26H32N4O3. The zero-order valence-corrected chi connectivity index (χ0v) is 19.3. The molecule has 2 heterocycles. The van der Waals surface area contributed by atoms with E-state index in [9.17, 15) is 9.90 Å². The van der Waals surface area contributed by atoms with Gasteiger partial charge in [0.05, 0.1) is 12.1 Å². The van der Waals surface area contributed by atoms with Gasteiger partial charge in [0.1, 0.15) is 18.5 Å². The summed E-state index contributed by atoms with van der Waals surface area (Å²) in [5, 5.41) is 14.5. The number of fused-ring (bicyclic) bond motifs is 1. The first-order chi connectivity index (χ1) is 16.0.